The fraction of sp³-hybridized carbons (Fsp3) is 0.471. The molecule has 1 aromatic rings. The lowest BCUT2D eigenvalue weighted by Gasteiger charge is -2.33. The number of hydrogen-bond acceptors (Lipinski definition) is 3. The first kappa shape index (κ1) is 14.8. The van der Waals surface area contributed by atoms with Gasteiger partial charge >= 0.3 is 5.97 Å². The Kier molecular flexibility index (Phi) is 5.36. The van der Waals surface area contributed by atoms with E-state index < -0.39 is 0 Å². The number of nitrogens with zero attached hydrogens (tertiary/aromatic N) is 1. The lowest BCUT2D eigenvalue weighted by molar-refractivity contribution is -0.149. The second-order valence-electron chi connectivity index (χ2n) is 5.06. The number of carbonyl (C=O) groups excluding carboxylic acids is 1. The fourth-order valence-electron chi connectivity index (χ4n) is 2.68. The standard InChI is InChI=1S/C17H23NO2/c1-3-5-10-16(17(19)20-4-2)18-12-11-14-8-6-7-9-15(14)13-18/h3,5-9,16H,4,10-13H2,1-2H3. The van der Waals surface area contributed by atoms with Crippen molar-refractivity contribution in [1.29, 1.82) is 0 Å². The van der Waals surface area contributed by atoms with Crippen LogP contribution in [0.4, 0.5) is 0 Å². The average Bonchev–Trinajstić information content (AvgIpc) is 2.48. The van der Waals surface area contributed by atoms with Gasteiger partial charge in [-0.1, -0.05) is 36.4 Å². The molecule has 0 N–H and O–H groups in total. The van der Waals surface area contributed by atoms with E-state index in [-0.39, 0.29) is 12.0 Å². The summed E-state index contributed by atoms with van der Waals surface area (Å²) in [6.07, 6.45) is 5.76. The van der Waals surface area contributed by atoms with Crippen LogP contribution >= 0.6 is 0 Å². The molecule has 0 spiro atoms. The van der Waals surface area contributed by atoms with E-state index in [9.17, 15) is 4.79 Å². The Bertz CT molecular complexity index is 482. The van der Waals surface area contributed by atoms with Crippen LogP contribution in [0.1, 0.15) is 31.4 Å². The second kappa shape index (κ2) is 7.25. The van der Waals surface area contributed by atoms with Gasteiger partial charge in [0.05, 0.1) is 6.61 Å². The number of carbonyl (C=O) groups is 1. The summed E-state index contributed by atoms with van der Waals surface area (Å²) in [6, 6.07) is 8.31. The van der Waals surface area contributed by atoms with Crippen molar-refractivity contribution >= 4 is 5.97 Å². The largest absolute Gasteiger partial charge is 0.465 e. The summed E-state index contributed by atoms with van der Waals surface area (Å²) in [7, 11) is 0. The molecule has 108 valence electrons. The SMILES string of the molecule is CC=CCC(C(=O)OCC)N1CCc2ccccc2C1. The Labute approximate surface area is 121 Å². The van der Waals surface area contributed by atoms with E-state index in [1.807, 2.05) is 26.0 Å². The van der Waals surface area contributed by atoms with E-state index in [1.54, 1.807) is 0 Å². The molecule has 1 aliphatic heterocycles. The van der Waals surface area contributed by atoms with E-state index in [0.717, 1.165) is 25.9 Å². The number of allylic oxidation sites excluding steroid dienone is 1. The highest BCUT2D eigenvalue weighted by Gasteiger charge is 2.28. The molecule has 1 atom stereocenters. The van der Waals surface area contributed by atoms with E-state index in [1.165, 1.54) is 11.1 Å². The van der Waals surface area contributed by atoms with Gasteiger partial charge in [0.25, 0.3) is 0 Å². The zero-order chi connectivity index (χ0) is 14.4. The topological polar surface area (TPSA) is 29.5 Å². The lowest BCUT2D eigenvalue weighted by atomic mass is 9.98. The first-order chi connectivity index (χ1) is 9.76. The van der Waals surface area contributed by atoms with Crippen molar-refractivity contribution in [3.63, 3.8) is 0 Å². The third kappa shape index (κ3) is 3.48. The highest BCUT2D eigenvalue weighted by molar-refractivity contribution is 5.76. The predicted molar refractivity (Wildman–Crippen MR) is 80.4 cm³/mol. The summed E-state index contributed by atoms with van der Waals surface area (Å²) in [6.45, 7) is 6.02. The number of rotatable bonds is 5. The van der Waals surface area contributed by atoms with Gasteiger partial charge in [0, 0.05) is 13.1 Å². The third-order valence-corrected chi connectivity index (χ3v) is 3.75. The van der Waals surface area contributed by atoms with Crippen LogP contribution in [0.2, 0.25) is 0 Å². The predicted octanol–water partition coefficient (Wildman–Crippen LogP) is 2.94. The molecule has 3 heteroatoms. The fourth-order valence-corrected chi connectivity index (χ4v) is 2.68. The first-order valence-electron chi connectivity index (χ1n) is 7.34. The summed E-state index contributed by atoms with van der Waals surface area (Å²) in [5, 5.41) is 0. The van der Waals surface area contributed by atoms with Crippen molar-refractivity contribution in [3.8, 4) is 0 Å². The Morgan fingerprint density at radius 3 is 2.85 bits per heavy atom. The van der Waals surface area contributed by atoms with Crippen LogP contribution in [-0.2, 0) is 22.5 Å². The van der Waals surface area contributed by atoms with Crippen LogP contribution in [0, 0.1) is 0 Å². The number of hydrogen-bond donors (Lipinski definition) is 0. The van der Waals surface area contributed by atoms with E-state index in [2.05, 4.69) is 29.2 Å². The highest BCUT2D eigenvalue weighted by Crippen LogP contribution is 2.22. The molecule has 1 unspecified atom stereocenters. The van der Waals surface area contributed by atoms with Crippen LogP contribution in [0.5, 0.6) is 0 Å². The molecule has 0 saturated heterocycles. The summed E-state index contributed by atoms with van der Waals surface area (Å²) in [4.78, 5) is 14.4. The Balaban J connectivity index is 2.12. The minimum atomic E-state index is -0.167. The molecule has 0 fully saturated rings. The molecule has 3 nitrogen and oxygen atoms in total. The maximum Gasteiger partial charge on any atom is 0.323 e. The summed E-state index contributed by atoms with van der Waals surface area (Å²) >= 11 is 0. The number of benzene rings is 1. The molecule has 0 bridgehead atoms. The van der Waals surface area contributed by atoms with Gasteiger partial charge in [-0.3, -0.25) is 9.69 Å². The van der Waals surface area contributed by atoms with E-state index in [4.69, 9.17) is 4.74 Å². The van der Waals surface area contributed by atoms with Crippen LogP contribution in [0.3, 0.4) is 0 Å². The Morgan fingerprint density at radius 1 is 1.40 bits per heavy atom. The van der Waals surface area contributed by atoms with Gasteiger partial charge in [-0.15, -0.1) is 0 Å². The molecule has 0 radical (unpaired) electrons. The molecular formula is C17H23NO2. The molecule has 0 amide bonds. The third-order valence-electron chi connectivity index (χ3n) is 3.75. The maximum atomic E-state index is 12.2. The second-order valence-corrected chi connectivity index (χ2v) is 5.06. The van der Waals surface area contributed by atoms with Gasteiger partial charge in [0.2, 0.25) is 0 Å². The zero-order valence-electron chi connectivity index (χ0n) is 12.3. The van der Waals surface area contributed by atoms with Crippen molar-refractivity contribution in [3.05, 3.63) is 47.5 Å². The van der Waals surface area contributed by atoms with Gasteiger partial charge in [-0.25, -0.2) is 0 Å². The first-order valence-corrected chi connectivity index (χ1v) is 7.34. The quantitative estimate of drug-likeness (QED) is 0.610. The van der Waals surface area contributed by atoms with Crippen molar-refractivity contribution in [1.82, 2.24) is 4.90 Å². The van der Waals surface area contributed by atoms with Crippen molar-refractivity contribution in [2.45, 2.75) is 39.3 Å². The summed E-state index contributed by atoms with van der Waals surface area (Å²) < 4.78 is 5.23. The Morgan fingerprint density at radius 2 is 2.15 bits per heavy atom. The normalized spacial score (nSPS) is 16.9. The van der Waals surface area contributed by atoms with Crippen molar-refractivity contribution < 1.29 is 9.53 Å². The molecule has 2 rings (SSSR count). The summed E-state index contributed by atoms with van der Waals surface area (Å²) in [5.74, 6) is -0.106. The van der Waals surface area contributed by atoms with Gasteiger partial charge in [-0.2, -0.15) is 0 Å². The molecular weight excluding hydrogens is 250 g/mol. The smallest absolute Gasteiger partial charge is 0.323 e. The highest BCUT2D eigenvalue weighted by atomic mass is 16.5. The monoisotopic (exact) mass is 273 g/mol. The minimum Gasteiger partial charge on any atom is -0.465 e. The van der Waals surface area contributed by atoms with Crippen LogP contribution in [0.15, 0.2) is 36.4 Å². The van der Waals surface area contributed by atoms with Crippen LogP contribution in [0.25, 0.3) is 0 Å². The van der Waals surface area contributed by atoms with Gasteiger partial charge in [0.15, 0.2) is 0 Å². The molecule has 0 aromatic heterocycles. The molecule has 0 aliphatic carbocycles. The molecule has 1 aromatic carbocycles. The molecule has 0 saturated carbocycles. The average molecular weight is 273 g/mol. The number of ether oxygens (including phenoxy) is 1. The summed E-state index contributed by atoms with van der Waals surface area (Å²) in [5.41, 5.74) is 2.73. The molecule has 1 aliphatic rings. The zero-order valence-corrected chi connectivity index (χ0v) is 12.3. The van der Waals surface area contributed by atoms with Crippen LogP contribution in [-0.4, -0.2) is 30.1 Å². The van der Waals surface area contributed by atoms with Gasteiger partial charge in [0.1, 0.15) is 6.04 Å². The van der Waals surface area contributed by atoms with E-state index >= 15 is 0 Å². The van der Waals surface area contributed by atoms with Gasteiger partial charge in [-0.05, 0) is 37.8 Å². The number of esters is 1. The van der Waals surface area contributed by atoms with Crippen molar-refractivity contribution in [2.24, 2.45) is 0 Å². The van der Waals surface area contributed by atoms with Crippen LogP contribution < -0.4 is 0 Å². The Hall–Kier alpha value is -1.61. The number of fused-ring (bicyclic) bond motifs is 1. The molecule has 20 heavy (non-hydrogen) atoms. The maximum absolute atomic E-state index is 12.2. The lowest BCUT2D eigenvalue weighted by Crippen LogP contribution is -2.44. The minimum absolute atomic E-state index is 0.106. The van der Waals surface area contributed by atoms with Crippen molar-refractivity contribution in [2.75, 3.05) is 13.2 Å². The van der Waals surface area contributed by atoms with E-state index in [0.29, 0.717) is 6.61 Å². The van der Waals surface area contributed by atoms with Gasteiger partial charge < -0.3 is 4.74 Å². The molecule has 1 heterocycles.